The molecule has 1 unspecified atom stereocenters. The number of amides is 1. The van der Waals surface area contributed by atoms with E-state index in [1.807, 2.05) is 31.2 Å². The molecule has 2 heterocycles. The van der Waals surface area contributed by atoms with Crippen LogP contribution in [0.15, 0.2) is 35.1 Å². The van der Waals surface area contributed by atoms with Gasteiger partial charge in [-0.3, -0.25) is 9.59 Å². The predicted molar refractivity (Wildman–Crippen MR) is 82.9 cm³/mol. The maximum atomic E-state index is 12.7. The van der Waals surface area contributed by atoms with Crippen molar-refractivity contribution in [3.63, 3.8) is 0 Å². The van der Waals surface area contributed by atoms with Crippen LogP contribution in [0.2, 0.25) is 0 Å². The van der Waals surface area contributed by atoms with Gasteiger partial charge in [-0.2, -0.15) is 0 Å². The number of carbonyl (C=O) groups is 2. The Balaban J connectivity index is 1.86. The van der Waals surface area contributed by atoms with Crippen molar-refractivity contribution in [3.05, 3.63) is 41.9 Å². The van der Waals surface area contributed by atoms with E-state index >= 15 is 0 Å². The van der Waals surface area contributed by atoms with E-state index in [0.717, 1.165) is 11.1 Å². The van der Waals surface area contributed by atoms with Gasteiger partial charge in [0, 0.05) is 18.7 Å². The molecule has 3 rings (SSSR count). The summed E-state index contributed by atoms with van der Waals surface area (Å²) in [6.45, 7) is 4.22. The molecule has 1 aromatic heterocycles. The van der Waals surface area contributed by atoms with E-state index in [1.54, 1.807) is 6.92 Å². The number of carboxylic acids is 1. The number of oxazole rings is 1. The van der Waals surface area contributed by atoms with Gasteiger partial charge in [-0.05, 0) is 20.3 Å². The molecular weight excluding hydrogens is 296 g/mol. The third-order valence-electron chi connectivity index (χ3n) is 4.36. The Morgan fingerprint density at radius 2 is 2.00 bits per heavy atom. The Morgan fingerprint density at radius 3 is 2.61 bits per heavy atom. The highest BCUT2D eigenvalue weighted by molar-refractivity contribution is 5.98. The Hall–Kier alpha value is -2.63. The van der Waals surface area contributed by atoms with Crippen molar-refractivity contribution >= 4 is 11.9 Å². The van der Waals surface area contributed by atoms with Gasteiger partial charge in [0.1, 0.15) is 0 Å². The molecule has 23 heavy (non-hydrogen) atoms. The number of likely N-dealkylation sites (tertiary alicyclic amines) is 1. The number of hydrogen-bond acceptors (Lipinski definition) is 4. The number of benzene rings is 1. The number of hydrogen-bond donors (Lipinski definition) is 1. The third-order valence-corrected chi connectivity index (χ3v) is 4.36. The summed E-state index contributed by atoms with van der Waals surface area (Å²) in [6, 6.07) is 7.61. The summed E-state index contributed by atoms with van der Waals surface area (Å²) in [5.41, 5.74) is 1.21. The fourth-order valence-corrected chi connectivity index (χ4v) is 2.77. The third kappa shape index (κ3) is 2.72. The molecule has 0 bridgehead atoms. The number of carboxylic acid groups (broad SMARTS) is 1. The highest BCUT2D eigenvalue weighted by Crippen LogP contribution is 2.32. The molecular formula is C17H18N2O4. The molecule has 0 saturated carbocycles. The van der Waals surface area contributed by atoms with Crippen molar-refractivity contribution in [3.8, 4) is 11.3 Å². The molecule has 1 N–H and O–H groups in total. The van der Waals surface area contributed by atoms with E-state index in [-0.39, 0.29) is 18.1 Å². The number of aliphatic carboxylic acids is 1. The minimum Gasteiger partial charge on any atom is -0.481 e. The van der Waals surface area contributed by atoms with Crippen molar-refractivity contribution in [1.29, 1.82) is 0 Å². The second kappa shape index (κ2) is 5.53. The summed E-state index contributed by atoms with van der Waals surface area (Å²) < 4.78 is 5.40. The molecule has 6 nitrogen and oxygen atoms in total. The van der Waals surface area contributed by atoms with Crippen LogP contribution in [0, 0.1) is 12.3 Å². The molecule has 6 heteroatoms. The molecule has 0 radical (unpaired) electrons. The lowest BCUT2D eigenvalue weighted by atomic mass is 9.90. The second-order valence-corrected chi connectivity index (χ2v) is 6.24. The van der Waals surface area contributed by atoms with Gasteiger partial charge < -0.3 is 14.4 Å². The molecule has 1 atom stereocenters. The van der Waals surface area contributed by atoms with Gasteiger partial charge in [-0.25, -0.2) is 4.98 Å². The summed E-state index contributed by atoms with van der Waals surface area (Å²) in [6.07, 6.45) is 1.68. The van der Waals surface area contributed by atoms with E-state index in [2.05, 4.69) is 4.98 Å². The molecule has 1 amide bonds. The first kappa shape index (κ1) is 15.3. The maximum absolute atomic E-state index is 12.7. The molecule has 120 valence electrons. The number of aryl methyl sites for hydroxylation is 1. The molecule has 1 aliphatic heterocycles. The molecule has 1 aromatic carbocycles. The predicted octanol–water partition coefficient (Wildman–Crippen LogP) is 2.59. The van der Waals surface area contributed by atoms with Gasteiger partial charge in [0.15, 0.2) is 17.8 Å². The second-order valence-electron chi connectivity index (χ2n) is 6.24. The van der Waals surface area contributed by atoms with E-state index in [9.17, 15) is 14.7 Å². The number of rotatable bonds is 3. The Labute approximate surface area is 133 Å². The van der Waals surface area contributed by atoms with E-state index in [1.165, 1.54) is 11.3 Å². The van der Waals surface area contributed by atoms with Gasteiger partial charge in [0.2, 0.25) is 0 Å². The van der Waals surface area contributed by atoms with Crippen molar-refractivity contribution in [1.82, 2.24) is 9.88 Å². The van der Waals surface area contributed by atoms with E-state index in [0.29, 0.717) is 18.7 Å². The Kier molecular flexibility index (Phi) is 3.67. The number of carbonyl (C=O) groups excluding carboxylic acids is 1. The first-order chi connectivity index (χ1) is 10.9. The van der Waals surface area contributed by atoms with E-state index in [4.69, 9.17) is 4.42 Å². The van der Waals surface area contributed by atoms with Crippen LogP contribution in [-0.2, 0) is 4.79 Å². The Morgan fingerprint density at radius 1 is 1.30 bits per heavy atom. The van der Waals surface area contributed by atoms with Crippen LogP contribution >= 0.6 is 0 Å². The van der Waals surface area contributed by atoms with Crippen LogP contribution < -0.4 is 0 Å². The van der Waals surface area contributed by atoms with Crippen LogP contribution in [0.1, 0.15) is 29.4 Å². The standard InChI is InChI=1S/C17H18N2O4/c1-11-3-5-12(6-4-11)14-13(18-10-23-14)15(20)19-8-7-17(2,9-19)16(21)22/h3-6,10H,7-9H2,1-2H3,(H,21,22). The van der Waals surface area contributed by atoms with Gasteiger partial charge in [0.25, 0.3) is 5.91 Å². The first-order valence-corrected chi connectivity index (χ1v) is 7.44. The zero-order valence-electron chi connectivity index (χ0n) is 13.1. The summed E-state index contributed by atoms with van der Waals surface area (Å²) in [7, 11) is 0. The largest absolute Gasteiger partial charge is 0.481 e. The van der Waals surface area contributed by atoms with Gasteiger partial charge in [0.05, 0.1) is 5.41 Å². The highest BCUT2D eigenvalue weighted by atomic mass is 16.4. The maximum Gasteiger partial charge on any atom is 0.311 e. The minimum absolute atomic E-state index is 0.182. The van der Waals surface area contributed by atoms with Crippen LogP contribution in [0.25, 0.3) is 11.3 Å². The zero-order valence-corrected chi connectivity index (χ0v) is 13.1. The monoisotopic (exact) mass is 314 g/mol. The normalized spacial score (nSPS) is 20.7. The van der Waals surface area contributed by atoms with Crippen LogP contribution in [0.4, 0.5) is 0 Å². The SMILES string of the molecule is Cc1ccc(-c2ocnc2C(=O)N2CCC(C)(C(=O)O)C2)cc1. The Bertz CT molecular complexity index is 750. The van der Waals surface area contributed by atoms with Crippen LogP contribution in [0.5, 0.6) is 0 Å². The van der Waals surface area contributed by atoms with Crippen molar-refractivity contribution in [2.24, 2.45) is 5.41 Å². The topological polar surface area (TPSA) is 83.6 Å². The summed E-state index contributed by atoms with van der Waals surface area (Å²) in [5, 5.41) is 9.29. The summed E-state index contributed by atoms with van der Waals surface area (Å²) in [5.74, 6) is -0.759. The van der Waals surface area contributed by atoms with Gasteiger partial charge in [-0.15, -0.1) is 0 Å². The molecule has 0 aliphatic carbocycles. The van der Waals surface area contributed by atoms with Crippen molar-refractivity contribution in [2.75, 3.05) is 13.1 Å². The quantitative estimate of drug-likeness (QED) is 0.941. The van der Waals surface area contributed by atoms with Crippen LogP contribution in [-0.4, -0.2) is 40.0 Å². The average molecular weight is 314 g/mol. The van der Waals surface area contributed by atoms with Gasteiger partial charge >= 0.3 is 5.97 Å². The molecule has 1 aliphatic rings. The average Bonchev–Trinajstić information content (AvgIpc) is 3.15. The fraction of sp³-hybridized carbons (Fsp3) is 0.353. The first-order valence-electron chi connectivity index (χ1n) is 7.44. The minimum atomic E-state index is -0.899. The molecule has 2 aromatic rings. The lowest BCUT2D eigenvalue weighted by Gasteiger charge is -2.19. The smallest absolute Gasteiger partial charge is 0.311 e. The number of nitrogens with zero attached hydrogens (tertiary/aromatic N) is 2. The molecule has 1 fully saturated rings. The lowest BCUT2D eigenvalue weighted by Crippen LogP contribution is -2.35. The van der Waals surface area contributed by atoms with Crippen molar-refractivity contribution in [2.45, 2.75) is 20.3 Å². The van der Waals surface area contributed by atoms with E-state index < -0.39 is 11.4 Å². The fourth-order valence-electron chi connectivity index (χ4n) is 2.77. The highest BCUT2D eigenvalue weighted by Gasteiger charge is 2.43. The van der Waals surface area contributed by atoms with Crippen LogP contribution in [0.3, 0.4) is 0 Å². The summed E-state index contributed by atoms with van der Waals surface area (Å²) in [4.78, 5) is 29.6. The number of aromatic nitrogens is 1. The molecule has 0 spiro atoms. The zero-order chi connectivity index (χ0) is 16.6. The van der Waals surface area contributed by atoms with Crippen molar-refractivity contribution < 1.29 is 19.1 Å². The lowest BCUT2D eigenvalue weighted by molar-refractivity contribution is -0.147. The molecule has 1 saturated heterocycles. The summed E-state index contributed by atoms with van der Waals surface area (Å²) >= 11 is 0. The van der Waals surface area contributed by atoms with Gasteiger partial charge in [-0.1, -0.05) is 29.8 Å².